The lowest BCUT2D eigenvalue weighted by molar-refractivity contribution is 0.0266. The second-order valence-corrected chi connectivity index (χ2v) is 11.1. The van der Waals surface area contributed by atoms with Crippen LogP contribution in [0.25, 0.3) is 0 Å². The van der Waals surface area contributed by atoms with Crippen molar-refractivity contribution in [1.29, 1.82) is 0 Å². The van der Waals surface area contributed by atoms with Crippen LogP contribution in [0.15, 0.2) is 18.2 Å². The number of hydrogen-bond donors (Lipinski definition) is 0. The Hall–Kier alpha value is -1.23. The van der Waals surface area contributed by atoms with Crippen LogP contribution in [0.1, 0.15) is 67.4 Å². The minimum Gasteiger partial charge on any atom is -0.383 e. The van der Waals surface area contributed by atoms with Gasteiger partial charge in [-0.15, -0.1) is 0 Å². The highest BCUT2D eigenvalue weighted by Crippen LogP contribution is 2.49. The van der Waals surface area contributed by atoms with Crippen LogP contribution in [-0.2, 0) is 16.6 Å². The van der Waals surface area contributed by atoms with Crippen LogP contribution < -0.4 is 0 Å². The van der Waals surface area contributed by atoms with Crippen LogP contribution in [0.4, 0.5) is 0 Å². The van der Waals surface area contributed by atoms with Crippen molar-refractivity contribution in [1.82, 2.24) is 9.80 Å². The summed E-state index contributed by atoms with van der Waals surface area (Å²) in [6.07, 6.45) is 7.58. The van der Waals surface area contributed by atoms with Crippen molar-refractivity contribution in [2.75, 3.05) is 46.4 Å². The molecule has 1 aromatic rings. The fourth-order valence-electron chi connectivity index (χ4n) is 6.55. The van der Waals surface area contributed by atoms with Crippen LogP contribution in [0.5, 0.6) is 0 Å². The summed E-state index contributed by atoms with van der Waals surface area (Å²) in [5, 5.41) is 0. The van der Waals surface area contributed by atoms with Gasteiger partial charge in [0.15, 0.2) is 5.78 Å². The highest BCUT2D eigenvalue weighted by Gasteiger charge is 2.52. The molecule has 0 unspecified atom stereocenters. The summed E-state index contributed by atoms with van der Waals surface area (Å²) >= 11 is 0. The highest BCUT2D eigenvalue weighted by atomic mass is 16.5. The number of Topliss-reactive ketones (excluding diaryl/α,β-unsaturated/α-hetero) is 1. The number of nitrogens with zero attached hydrogens (tertiary/aromatic N) is 2. The predicted molar refractivity (Wildman–Crippen MR) is 125 cm³/mol. The first-order chi connectivity index (χ1) is 15.0. The summed E-state index contributed by atoms with van der Waals surface area (Å²) in [4.78, 5) is 18.6. The zero-order valence-corrected chi connectivity index (χ0v) is 19.7. The number of likely N-dealkylation sites (tertiary alicyclic amines) is 2. The van der Waals surface area contributed by atoms with Crippen LogP contribution in [0.3, 0.4) is 0 Å². The maximum atomic E-state index is 13.6. The monoisotopic (exact) mass is 424 g/mol. The van der Waals surface area contributed by atoms with Crippen molar-refractivity contribution in [2.24, 2.45) is 17.8 Å². The van der Waals surface area contributed by atoms with Gasteiger partial charge in [-0.25, -0.2) is 0 Å². The van der Waals surface area contributed by atoms with Gasteiger partial charge in [0.1, 0.15) is 0 Å². The molecule has 0 N–H and O–H groups in total. The Bertz CT molecular complexity index is 811. The predicted octanol–water partition coefficient (Wildman–Crippen LogP) is 4.16. The Labute approximate surface area is 188 Å². The summed E-state index contributed by atoms with van der Waals surface area (Å²) in [7, 11) is 1.79. The van der Waals surface area contributed by atoms with Crippen LogP contribution in [0, 0.1) is 17.8 Å². The van der Waals surface area contributed by atoms with E-state index in [1.807, 2.05) is 0 Å². The third kappa shape index (κ3) is 4.12. The van der Waals surface area contributed by atoms with E-state index in [0.29, 0.717) is 11.7 Å². The van der Waals surface area contributed by atoms with Gasteiger partial charge in [0.2, 0.25) is 0 Å². The van der Waals surface area contributed by atoms with Gasteiger partial charge < -0.3 is 9.64 Å². The highest BCUT2D eigenvalue weighted by molar-refractivity contribution is 6.03. The number of methoxy groups -OCH3 is 1. The topological polar surface area (TPSA) is 32.8 Å². The smallest absolute Gasteiger partial charge is 0.180 e. The van der Waals surface area contributed by atoms with Gasteiger partial charge in [0, 0.05) is 25.8 Å². The van der Waals surface area contributed by atoms with Gasteiger partial charge in [0.05, 0.1) is 12.6 Å². The molecule has 4 nitrogen and oxygen atoms in total. The number of piperidine rings is 2. The molecule has 0 amide bonds. The first-order valence-corrected chi connectivity index (χ1v) is 12.6. The molecular formula is C27H40N2O2. The maximum absolute atomic E-state index is 13.6. The second-order valence-electron chi connectivity index (χ2n) is 11.1. The standard InChI is InChI=1S/C27H40N2O2/c1-19-25-26(30)23-7-6-22(16-20-8-11-28(12-9-20)14-15-31-3)17-24(23)27(19,2)10-13-29(25)18-21-4-5-21/h6-7,17,19-21,25H,4-5,8-16,18H2,1-3H3/t19-,25-,27+/m0/s1. The Balaban J connectivity index is 1.31. The summed E-state index contributed by atoms with van der Waals surface area (Å²) < 4.78 is 5.24. The number of ether oxygens (including phenoxy) is 1. The number of ketones is 1. The number of hydrogen-bond acceptors (Lipinski definition) is 4. The number of fused-ring (bicyclic) bond motifs is 4. The molecule has 0 radical (unpaired) electrons. The molecule has 0 aromatic heterocycles. The lowest BCUT2D eigenvalue weighted by atomic mass is 9.58. The number of carbonyl (C=O) groups is 1. The summed E-state index contributed by atoms with van der Waals surface area (Å²) in [5.41, 5.74) is 3.94. The van der Waals surface area contributed by atoms with Gasteiger partial charge in [-0.2, -0.15) is 0 Å². The van der Waals surface area contributed by atoms with E-state index in [0.717, 1.165) is 50.1 Å². The van der Waals surface area contributed by atoms with E-state index in [1.54, 1.807) is 7.11 Å². The largest absolute Gasteiger partial charge is 0.383 e. The van der Waals surface area contributed by atoms with Crippen molar-refractivity contribution < 1.29 is 9.53 Å². The third-order valence-corrected chi connectivity index (χ3v) is 9.06. The maximum Gasteiger partial charge on any atom is 0.180 e. The van der Waals surface area contributed by atoms with Gasteiger partial charge >= 0.3 is 0 Å². The van der Waals surface area contributed by atoms with E-state index in [4.69, 9.17) is 4.74 Å². The molecule has 31 heavy (non-hydrogen) atoms. The number of benzene rings is 1. The average molecular weight is 425 g/mol. The third-order valence-electron chi connectivity index (χ3n) is 9.06. The van der Waals surface area contributed by atoms with E-state index < -0.39 is 0 Å². The molecule has 2 saturated heterocycles. The SMILES string of the molecule is COCCN1CCC(Cc2ccc3c(c2)[C@]2(C)CCN(CC4CC4)[C@H](C3=O)[C@@H]2C)CC1. The quantitative estimate of drug-likeness (QED) is 0.658. The van der Waals surface area contributed by atoms with Gasteiger partial charge in [-0.1, -0.05) is 32.0 Å². The first kappa shape index (κ1) is 21.6. The number of rotatable bonds is 7. The van der Waals surface area contributed by atoms with Crippen molar-refractivity contribution in [3.05, 3.63) is 34.9 Å². The molecule has 2 bridgehead atoms. The fraction of sp³-hybridized carbons (Fsp3) is 0.741. The minimum absolute atomic E-state index is 0.0918. The molecule has 5 rings (SSSR count). The van der Waals surface area contributed by atoms with Crippen molar-refractivity contribution in [2.45, 2.75) is 63.8 Å². The fourth-order valence-corrected chi connectivity index (χ4v) is 6.55. The lowest BCUT2D eigenvalue weighted by Crippen LogP contribution is -2.61. The summed E-state index contributed by atoms with van der Waals surface area (Å²) in [5.74, 6) is 2.39. The molecule has 2 aliphatic heterocycles. The van der Waals surface area contributed by atoms with E-state index in [9.17, 15) is 4.79 Å². The van der Waals surface area contributed by atoms with Crippen LogP contribution in [-0.4, -0.2) is 68.1 Å². The molecule has 0 spiro atoms. The zero-order valence-electron chi connectivity index (χ0n) is 19.7. The number of carbonyl (C=O) groups excluding carboxylic acids is 1. The van der Waals surface area contributed by atoms with Gasteiger partial charge in [-0.05, 0) is 92.5 Å². The molecule has 3 atom stereocenters. The molecule has 1 aromatic carbocycles. The van der Waals surface area contributed by atoms with Gasteiger partial charge in [0.25, 0.3) is 0 Å². The van der Waals surface area contributed by atoms with E-state index >= 15 is 0 Å². The van der Waals surface area contributed by atoms with E-state index in [2.05, 4.69) is 41.8 Å². The second kappa shape index (κ2) is 8.61. The normalized spacial score (nSPS) is 32.3. The lowest BCUT2D eigenvalue weighted by Gasteiger charge is -2.53. The molecule has 2 aliphatic carbocycles. The Morgan fingerprint density at radius 3 is 2.58 bits per heavy atom. The molecule has 1 saturated carbocycles. The molecule has 170 valence electrons. The van der Waals surface area contributed by atoms with Crippen molar-refractivity contribution in [3.8, 4) is 0 Å². The average Bonchev–Trinajstić information content (AvgIpc) is 3.59. The molecule has 2 heterocycles. The summed E-state index contributed by atoms with van der Waals surface area (Å²) in [6.45, 7) is 11.2. The van der Waals surface area contributed by atoms with E-state index in [-0.39, 0.29) is 11.5 Å². The van der Waals surface area contributed by atoms with Crippen molar-refractivity contribution in [3.63, 3.8) is 0 Å². The molecule has 4 heteroatoms. The Morgan fingerprint density at radius 1 is 1.10 bits per heavy atom. The molecule has 3 fully saturated rings. The van der Waals surface area contributed by atoms with Crippen molar-refractivity contribution >= 4 is 5.78 Å². The minimum atomic E-state index is 0.0918. The van der Waals surface area contributed by atoms with Gasteiger partial charge in [-0.3, -0.25) is 9.69 Å². The zero-order chi connectivity index (χ0) is 21.6. The molecule has 4 aliphatic rings. The van der Waals surface area contributed by atoms with Crippen LogP contribution >= 0.6 is 0 Å². The Kier molecular flexibility index (Phi) is 6.00. The van der Waals surface area contributed by atoms with E-state index in [1.165, 1.54) is 56.3 Å². The van der Waals surface area contributed by atoms with Crippen LogP contribution in [0.2, 0.25) is 0 Å². The Morgan fingerprint density at radius 2 is 1.87 bits per heavy atom. The molecular weight excluding hydrogens is 384 g/mol. The summed E-state index contributed by atoms with van der Waals surface area (Å²) in [6, 6.07) is 6.95. The first-order valence-electron chi connectivity index (χ1n) is 12.6.